The van der Waals surface area contributed by atoms with Gasteiger partial charge in [0.25, 0.3) is 5.91 Å². The van der Waals surface area contributed by atoms with Crippen LogP contribution in [0.4, 0.5) is 4.39 Å². The highest BCUT2D eigenvalue weighted by atomic mass is 19.1. The number of hydrogen-bond acceptors (Lipinski definition) is 1. The number of likely N-dealkylation sites (tertiary alicyclic amines) is 1. The lowest BCUT2D eigenvalue weighted by Gasteiger charge is -2.18. The highest BCUT2D eigenvalue weighted by Gasteiger charge is 2.38. The average molecular weight is 283 g/mol. The van der Waals surface area contributed by atoms with E-state index in [9.17, 15) is 9.18 Å². The number of benzene rings is 2. The summed E-state index contributed by atoms with van der Waals surface area (Å²) in [5.74, 6) is 1.15. The molecule has 4 rings (SSSR count). The number of amides is 1. The van der Waals surface area contributed by atoms with Gasteiger partial charge in [-0.2, -0.15) is 0 Å². The van der Waals surface area contributed by atoms with Gasteiger partial charge in [-0.1, -0.05) is 30.7 Å². The second-order valence-corrected chi connectivity index (χ2v) is 6.30. The maximum absolute atomic E-state index is 13.9. The lowest BCUT2D eigenvalue weighted by Crippen LogP contribution is -2.29. The largest absolute Gasteiger partial charge is 0.338 e. The zero-order valence-corrected chi connectivity index (χ0v) is 11.9. The molecule has 2 unspecified atom stereocenters. The molecule has 2 aliphatic rings. The minimum atomic E-state index is -0.263. The van der Waals surface area contributed by atoms with Gasteiger partial charge in [-0.15, -0.1) is 0 Å². The highest BCUT2D eigenvalue weighted by Crippen LogP contribution is 2.38. The van der Waals surface area contributed by atoms with Crippen molar-refractivity contribution in [2.75, 3.05) is 13.1 Å². The predicted octanol–water partition coefficient (Wildman–Crippen LogP) is 3.85. The highest BCUT2D eigenvalue weighted by molar-refractivity contribution is 6.07. The first kappa shape index (κ1) is 12.8. The second kappa shape index (κ2) is 4.83. The van der Waals surface area contributed by atoms with Gasteiger partial charge in [-0.05, 0) is 42.2 Å². The molecule has 1 saturated heterocycles. The summed E-state index contributed by atoms with van der Waals surface area (Å²) in [5.41, 5.74) is 0.631. The van der Waals surface area contributed by atoms with E-state index in [1.165, 1.54) is 25.3 Å². The summed E-state index contributed by atoms with van der Waals surface area (Å²) in [4.78, 5) is 14.8. The minimum absolute atomic E-state index is 0.0561. The average Bonchev–Trinajstić information content (AvgIpc) is 3.08. The number of carbonyl (C=O) groups excluding carboxylic acids is 1. The Morgan fingerprint density at radius 1 is 1.00 bits per heavy atom. The topological polar surface area (TPSA) is 20.3 Å². The van der Waals surface area contributed by atoms with Crippen molar-refractivity contribution in [1.29, 1.82) is 0 Å². The maximum Gasteiger partial charge on any atom is 0.254 e. The van der Waals surface area contributed by atoms with Crippen LogP contribution in [0.25, 0.3) is 10.8 Å². The molecule has 2 aromatic rings. The van der Waals surface area contributed by atoms with Crippen LogP contribution >= 0.6 is 0 Å². The third-order valence-corrected chi connectivity index (χ3v) is 5.11. The Labute approximate surface area is 123 Å². The first-order chi connectivity index (χ1) is 10.2. The normalized spacial score (nSPS) is 24.5. The number of hydrogen-bond donors (Lipinski definition) is 0. The van der Waals surface area contributed by atoms with E-state index in [0.29, 0.717) is 22.8 Å². The number of fused-ring (bicyclic) bond motifs is 2. The summed E-state index contributed by atoms with van der Waals surface area (Å²) >= 11 is 0. The molecule has 108 valence electrons. The van der Waals surface area contributed by atoms with E-state index in [2.05, 4.69) is 0 Å². The van der Waals surface area contributed by atoms with E-state index in [0.717, 1.165) is 18.5 Å². The summed E-state index contributed by atoms with van der Waals surface area (Å²) in [6, 6.07) is 10.3. The van der Waals surface area contributed by atoms with Crippen LogP contribution in [0, 0.1) is 17.7 Å². The molecule has 0 bridgehead atoms. The SMILES string of the molecule is O=C(c1ccc(F)c2ccccc12)N1CC2CCCC2C1. The van der Waals surface area contributed by atoms with Crippen LogP contribution < -0.4 is 0 Å². The van der Waals surface area contributed by atoms with Gasteiger partial charge in [0.1, 0.15) is 5.82 Å². The molecule has 2 fully saturated rings. The summed E-state index contributed by atoms with van der Waals surface area (Å²) < 4.78 is 13.9. The quantitative estimate of drug-likeness (QED) is 0.778. The van der Waals surface area contributed by atoms with Crippen molar-refractivity contribution in [3.63, 3.8) is 0 Å². The lowest BCUT2D eigenvalue weighted by molar-refractivity contribution is 0.0782. The molecule has 3 heteroatoms. The van der Waals surface area contributed by atoms with Gasteiger partial charge in [0.15, 0.2) is 0 Å². The van der Waals surface area contributed by atoms with Crippen LogP contribution in [0.2, 0.25) is 0 Å². The van der Waals surface area contributed by atoms with Crippen molar-refractivity contribution in [3.8, 4) is 0 Å². The molecule has 0 N–H and O–H groups in total. The predicted molar refractivity (Wildman–Crippen MR) is 80.6 cm³/mol. The molecule has 0 spiro atoms. The van der Waals surface area contributed by atoms with Crippen molar-refractivity contribution >= 4 is 16.7 Å². The first-order valence-corrected chi connectivity index (χ1v) is 7.70. The molecule has 1 heterocycles. The smallest absolute Gasteiger partial charge is 0.254 e. The van der Waals surface area contributed by atoms with Gasteiger partial charge in [-0.25, -0.2) is 4.39 Å². The van der Waals surface area contributed by atoms with Crippen molar-refractivity contribution in [2.45, 2.75) is 19.3 Å². The molecule has 2 atom stereocenters. The number of carbonyl (C=O) groups is 1. The van der Waals surface area contributed by atoms with E-state index in [4.69, 9.17) is 0 Å². The third kappa shape index (κ3) is 2.03. The van der Waals surface area contributed by atoms with Gasteiger partial charge >= 0.3 is 0 Å². The van der Waals surface area contributed by atoms with E-state index < -0.39 is 0 Å². The molecule has 1 aliphatic heterocycles. The Kier molecular flexibility index (Phi) is 2.95. The van der Waals surface area contributed by atoms with Crippen molar-refractivity contribution in [3.05, 3.63) is 47.8 Å². The fraction of sp³-hybridized carbons (Fsp3) is 0.389. The minimum Gasteiger partial charge on any atom is -0.338 e. The van der Waals surface area contributed by atoms with E-state index in [-0.39, 0.29) is 11.7 Å². The number of rotatable bonds is 1. The van der Waals surface area contributed by atoms with Crippen LogP contribution in [0.5, 0.6) is 0 Å². The van der Waals surface area contributed by atoms with Crippen molar-refractivity contribution in [2.24, 2.45) is 11.8 Å². The Morgan fingerprint density at radius 3 is 2.38 bits per heavy atom. The standard InChI is InChI=1S/C18H18FNO/c19-17-9-8-16(14-6-1-2-7-15(14)17)18(21)20-10-12-4-3-5-13(12)11-20/h1-2,6-9,12-13H,3-5,10-11H2. The fourth-order valence-electron chi connectivity index (χ4n) is 4.02. The Morgan fingerprint density at radius 2 is 1.67 bits per heavy atom. The maximum atomic E-state index is 13.9. The molecular formula is C18H18FNO. The van der Waals surface area contributed by atoms with Crippen LogP contribution in [-0.2, 0) is 0 Å². The Bertz CT molecular complexity index is 699. The monoisotopic (exact) mass is 283 g/mol. The molecule has 21 heavy (non-hydrogen) atoms. The zero-order valence-electron chi connectivity index (χ0n) is 11.9. The molecule has 0 radical (unpaired) electrons. The summed E-state index contributed by atoms with van der Waals surface area (Å²) in [7, 11) is 0. The molecule has 1 aliphatic carbocycles. The van der Waals surface area contributed by atoms with Crippen LogP contribution in [0.1, 0.15) is 29.6 Å². The molecule has 1 saturated carbocycles. The van der Waals surface area contributed by atoms with E-state index in [1.807, 2.05) is 17.0 Å². The number of nitrogens with zero attached hydrogens (tertiary/aromatic N) is 1. The van der Waals surface area contributed by atoms with Gasteiger partial charge < -0.3 is 4.90 Å². The van der Waals surface area contributed by atoms with Gasteiger partial charge in [0.05, 0.1) is 0 Å². The molecule has 2 nitrogen and oxygen atoms in total. The summed E-state index contributed by atoms with van der Waals surface area (Å²) in [6.07, 6.45) is 3.80. The van der Waals surface area contributed by atoms with Crippen LogP contribution in [0.15, 0.2) is 36.4 Å². The summed E-state index contributed by atoms with van der Waals surface area (Å²) in [5, 5.41) is 1.25. The number of halogens is 1. The third-order valence-electron chi connectivity index (χ3n) is 5.11. The first-order valence-electron chi connectivity index (χ1n) is 7.70. The molecule has 2 aromatic carbocycles. The van der Waals surface area contributed by atoms with E-state index in [1.54, 1.807) is 18.2 Å². The van der Waals surface area contributed by atoms with Gasteiger partial charge in [-0.3, -0.25) is 4.79 Å². The molecular weight excluding hydrogens is 265 g/mol. The van der Waals surface area contributed by atoms with Crippen molar-refractivity contribution in [1.82, 2.24) is 4.90 Å². The van der Waals surface area contributed by atoms with Gasteiger partial charge in [0, 0.05) is 24.0 Å². The lowest BCUT2D eigenvalue weighted by atomic mass is 10.0. The van der Waals surface area contributed by atoms with Crippen LogP contribution in [-0.4, -0.2) is 23.9 Å². The molecule has 1 amide bonds. The van der Waals surface area contributed by atoms with Crippen molar-refractivity contribution < 1.29 is 9.18 Å². The Balaban J connectivity index is 1.70. The fourth-order valence-corrected chi connectivity index (χ4v) is 4.02. The van der Waals surface area contributed by atoms with E-state index >= 15 is 0 Å². The zero-order chi connectivity index (χ0) is 14.4. The van der Waals surface area contributed by atoms with Crippen LogP contribution in [0.3, 0.4) is 0 Å². The Hall–Kier alpha value is -1.90. The summed E-state index contributed by atoms with van der Waals surface area (Å²) in [6.45, 7) is 1.74. The molecule has 0 aromatic heterocycles. The second-order valence-electron chi connectivity index (χ2n) is 6.30. The van der Waals surface area contributed by atoms with Gasteiger partial charge in [0.2, 0.25) is 0 Å².